The summed E-state index contributed by atoms with van der Waals surface area (Å²) in [6.45, 7) is 12.7. The third-order valence-electron chi connectivity index (χ3n) is 3.89. The van der Waals surface area contributed by atoms with Crippen molar-refractivity contribution in [2.75, 3.05) is 13.2 Å². The predicted molar refractivity (Wildman–Crippen MR) is 88.6 cm³/mol. The van der Waals surface area contributed by atoms with Gasteiger partial charge in [-0.2, -0.15) is 5.10 Å². The van der Waals surface area contributed by atoms with E-state index < -0.39 is 0 Å². The highest BCUT2D eigenvalue weighted by molar-refractivity contribution is 5.12. The number of aromatic nitrogens is 2. The third kappa shape index (κ3) is 5.44. The summed E-state index contributed by atoms with van der Waals surface area (Å²) in [6, 6.07) is 2.56. The highest BCUT2D eigenvalue weighted by Crippen LogP contribution is 2.16. The fraction of sp³-hybridized carbons (Fsp3) is 0.824. The lowest BCUT2D eigenvalue weighted by molar-refractivity contribution is 0.00323. The Morgan fingerprint density at radius 3 is 2.48 bits per heavy atom. The van der Waals surface area contributed by atoms with Crippen molar-refractivity contribution in [3.8, 4) is 0 Å². The Kier molecular flexibility index (Phi) is 7.97. The summed E-state index contributed by atoms with van der Waals surface area (Å²) in [7, 11) is 2.04. The standard InChI is InChI=1S/C17H33N3O/c1-7-10-18-16(17(13(4)5)21-9-3)12-15-11-14(8-2)19-20(15)6/h11,13,16-18H,7-10,12H2,1-6H3. The zero-order valence-corrected chi connectivity index (χ0v) is 14.6. The van der Waals surface area contributed by atoms with Gasteiger partial charge in [-0.15, -0.1) is 0 Å². The molecule has 0 aromatic carbocycles. The number of ether oxygens (including phenoxy) is 1. The largest absolute Gasteiger partial charge is 0.377 e. The Morgan fingerprint density at radius 2 is 2.00 bits per heavy atom. The molecule has 2 atom stereocenters. The van der Waals surface area contributed by atoms with Crippen LogP contribution >= 0.6 is 0 Å². The second-order valence-corrected chi connectivity index (χ2v) is 6.03. The molecule has 1 heterocycles. The first-order chi connectivity index (χ1) is 10.0. The molecule has 0 aliphatic rings. The monoisotopic (exact) mass is 295 g/mol. The average Bonchev–Trinajstić information content (AvgIpc) is 2.81. The van der Waals surface area contributed by atoms with Crippen LogP contribution in [0, 0.1) is 5.92 Å². The van der Waals surface area contributed by atoms with Crippen LogP contribution in [0.15, 0.2) is 6.07 Å². The lowest BCUT2D eigenvalue weighted by Crippen LogP contribution is -2.46. The molecule has 0 aliphatic carbocycles. The molecule has 0 aliphatic heterocycles. The van der Waals surface area contributed by atoms with Gasteiger partial charge in [-0.25, -0.2) is 0 Å². The molecule has 0 fully saturated rings. The summed E-state index contributed by atoms with van der Waals surface area (Å²) in [4.78, 5) is 0. The van der Waals surface area contributed by atoms with Crippen molar-refractivity contribution in [2.24, 2.45) is 13.0 Å². The van der Waals surface area contributed by atoms with Crippen molar-refractivity contribution < 1.29 is 4.74 Å². The number of hydrogen-bond donors (Lipinski definition) is 1. The molecule has 4 heteroatoms. The van der Waals surface area contributed by atoms with Gasteiger partial charge in [0.2, 0.25) is 0 Å². The Balaban J connectivity index is 2.87. The van der Waals surface area contributed by atoms with Crippen LogP contribution in [0.25, 0.3) is 0 Å². The van der Waals surface area contributed by atoms with E-state index >= 15 is 0 Å². The maximum absolute atomic E-state index is 6.02. The summed E-state index contributed by atoms with van der Waals surface area (Å²) in [5.74, 6) is 0.498. The van der Waals surface area contributed by atoms with Gasteiger partial charge in [-0.3, -0.25) is 4.68 Å². The number of hydrogen-bond acceptors (Lipinski definition) is 3. The Bertz CT molecular complexity index is 401. The van der Waals surface area contributed by atoms with Gasteiger partial charge in [0.15, 0.2) is 0 Å². The summed E-state index contributed by atoms with van der Waals surface area (Å²) >= 11 is 0. The second kappa shape index (κ2) is 9.21. The first kappa shape index (κ1) is 18.2. The normalized spacial score (nSPS) is 14.6. The topological polar surface area (TPSA) is 39.1 Å². The summed E-state index contributed by atoms with van der Waals surface area (Å²) in [5.41, 5.74) is 2.45. The quantitative estimate of drug-likeness (QED) is 0.721. The highest BCUT2D eigenvalue weighted by Gasteiger charge is 2.25. The fourth-order valence-corrected chi connectivity index (χ4v) is 2.76. The number of aryl methyl sites for hydroxylation is 2. The van der Waals surface area contributed by atoms with Crippen LogP contribution in [0.4, 0.5) is 0 Å². The Morgan fingerprint density at radius 1 is 1.29 bits per heavy atom. The molecule has 1 rings (SSSR count). The summed E-state index contributed by atoms with van der Waals surface area (Å²) in [6.07, 6.45) is 3.33. The van der Waals surface area contributed by atoms with Gasteiger partial charge in [-0.05, 0) is 38.3 Å². The van der Waals surface area contributed by atoms with Crippen LogP contribution in [0.1, 0.15) is 52.4 Å². The van der Waals surface area contributed by atoms with Gasteiger partial charge in [0, 0.05) is 31.8 Å². The second-order valence-electron chi connectivity index (χ2n) is 6.03. The molecule has 0 saturated carbocycles. The van der Waals surface area contributed by atoms with Gasteiger partial charge in [0.05, 0.1) is 11.8 Å². The van der Waals surface area contributed by atoms with Gasteiger partial charge >= 0.3 is 0 Å². The third-order valence-corrected chi connectivity index (χ3v) is 3.89. The van der Waals surface area contributed by atoms with E-state index in [1.54, 1.807) is 0 Å². The molecule has 1 aromatic rings. The molecule has 4 nitrogen and oxygen atoms in total. The Labute approximate surface area is 130 Å². The lowest BCUT2D eigenvalue weighted by Gasteiger charge is -2.31. The molecule has 0 spiro atoms. The molecule has 0 bridgehead atoms. The molecule has 1 N–H and O–H groups in total. The summed E-state index contributed by atoms with van der Waals surface area (Å²) < 4.78 is 8.03. The van der Waals surface area contributed by atoms with E-state index in [1.807, 2.05) is 11.7 Å². The van der Waals surface area contributed by atoms with Gasteiger partial charge < -0.3 is 10.1 Å². The van der Waals surface area contributed by atoms with Crippen LogP contribution < -0.4 is 5.32 Å². The molecule has 122 valence electrons. The van der Waals surface area contributed by atoms with Gasteiger partial charge in [0.1, 0.15) is 0 Å². The number of nitrogens with one attached hydrogen (secondary N) is 1. The average molecular weight is 295 g/mol. The van der Waals surface area contributed by atoms with Crippen molar-refractivity contribution in [1.29, 1.82) is 0 Å². The minimum absolute atomic E-state index is 0.238. The molecule has 1 aromatic heterocycles. The molecular formula is C17H33N3O. The summed E-state index contributed by atoms with van der Waals surface area (Å²) in [5, 5.41) is 8.23. The smallest absolute Gasteiger partial charge is 0.0754 e. The number of rotatable bonds is 10. The van der Waals surface area contributed by atoms with E-state index in [0.29, 0.717) is 12.0 Å². The minimum Gasteiger partial charge on any atom is -0.377 e. The van der Waals surface area contributed by atoms with Crippen molar-refractivity contribution in [1.82, 2.24) is 15.1 Å². The van der Waals surface area contributed by atoms with Crippen molar-refractivity contribution in [3.05, 3.63) is 17.5 Å². The number of nitrogens with zero attached hydrogens (tertiary/aromatic N) is 2. The van der Waals surface area contributed by atoms with Gasteiger partial charge in [0.25, 0.3) is 0 Å². The maximum Gasteiger partial charge on any atom is 0.0754 e. The van der Waals surface area contributed by atoms with E-state index in [9.17, 15) is 0 Å². The van der Waals surface area contributed by atoms with E-state index in [-0.39, 0.29) is 6.10 Å². The molecule has 0 radical (unpaired) electrons. The molecular weight excluding hydrogens is 262 g/mol. The fourth-order valence-electron chi connectivity index (χ4n) is 2.76. The zero-order valence-electron chi connectivity index (χ0n) is 14.6. The van der Waals surface area contributed by atoms with Crippen molar-refractivity contribution >= 4 is 0 Å². The van der Waals surface area contributed by atoms with Crippen LogP contribution in [0.2, 0.25) is 0 Å². The van der Waals surface area contributed by atoms with Crippen LogP contribution in [0.3, 0.4) is 0 Å². The van der Waals surface area contributed by atoms with E-state index in [0.717, 1.165) is 32.4 Å². The Hall–Kier alpha value is -0.870. The molecule has 0 amide bonds. The van der Waals surface area contributed by atoms with Crippen LogP contribution in [-0.4, -0.2) is 35.1 Å². The molecule has 0 saturated heterocycles. The van der Waals surface area contributed by atoms with E-state index in [2.05, 4.69) is 51.1 Å². The maximum atomic E-state index is 6.02. The first-order valence-electron chi connectivity index (χ1n) is 8.40. The predicted octanol–water partition coefficient (Wildman–Crippen LogP) is 2.95. The van der Waals surface area contributed by atoms with Crippen molar-refractivity contribution in [2.45, 2.75) is 66.0 Å². The SMILES string of the molecule is CCCNC(Cc1cc(CC)nn1C)C(OCC)C(C)C. The highest BCUT2D eigenvalue weighted by atomic mass is 16.5. The molecule has 21 heavy (non-hydrogen) atoms. The van der Waals surface area contributed by atoms with E-state index in [1.165, 1.54) is 11.4 Å². The van der Waals surface area contributed by atoms with Gasteiger partial charge in [-0.1, -0.05) is 27.7 Å². The van der Waals surface area contributed by atoms with Crippen molar-refractivity contribution in [3.63, 3.8) is 0 Å². The minimum atomic E-state index is 0.238. The first-order valence-corrected chi connectivity index (χ1v) is 8.40. The zero-order chi connectivity index (χ0) is 15.8. The van der Waals surface area contributed by atoms with Crippen LogP contribution in [-0.2, 0) is 24.6 Å². The van der Waals surface area contributed by atoms with Crippen LogP contribution in [0.5, 0.6) is 0 Å². The molecule has 2 unspecified atom stereocenters. The van der Waals surface area contributed by atoms with E-state index in [4.69, 9.17) is 4.74 Å². The lowest BCUT2D eigenvalue weighted by atomic mass is 9.95.